The highest BCUT2D eigenvalue weighted by Gasteiger charge is 1.95. The Morgan fingerprint density at radius 3 is 2.75 bits per heavy atom. The minimum absolute atomic E-state index is 0.784. The van der Waals surface area contributed by atoms with Crippen molar-refractivity contribution in [3.63, 3.8) is 0 Å². The normalized spacial score (nSPS) is 10.2. The predicted molar refractivity (Wildman–Crippen MR) is 64.0 cm³/mol. The van der Waals surface area contributed by atoms with Gasteiger partial charge < -0.3 is 11.1 Å². The molecule has 0 aliphatic rings. The first kappa shape index (κ1) is 10.5. The van der Waals surface area contributed by atoms with Crippen LogP contribution in [-0.4, -0.2) is 21.7 Å². The molecule has 2 rings (SSSR count). The molecule has 0 saturated heterocycles. The summed E-state index contributed by atoms with van der Waals surface area (Å²) >= 11 is 0. The van der Waals surface area contributed by atoms with E-state index in [1.165, 1.54) is 6.33 Å². The molecule has 0 aliphatic heterocycles. The average Bonchev–Trinajstić information content (AvgIpc) is 2.80. The first-order valence-electron chi connectivity index (χ1n) is 5.28. The third kappa shape index (κ3) is 2.98. The second-order valence-corrected chi connectivity index (χ2v) is 3.58. The van der Waals surface area contributed by atoms with Crippen LogP contribution in [0.3, 0.4) is 0 Å². The summed E-state index contributed by atoms with van der Waals surface area (Å²) in [6.07, 6.45) is 3.45. The SMILES string of the molecule is Nc1ccc(NCCCc2ncn[nH]2)cc1. The number of aromatic amines is 1. The second-order valence-electron chi connectivity index (χ2n) is 3.58. The van der Waals surface area contributed by atoms with Crippen molar-refractivity contribution in [3.05, 3.63) is 36.4 Å². The van der Waals surface area contributed by atoms with Gasteiger partial charge in [-0.1, -0.05) is 0 Å². The molecule has 0 spiro atoms. The number of hydrogen-bond donors (Lipinski definition) is 3. The molecule has 1 heterocycles. The zero-order chi connectivity index (χ0) is 11.2. The van der Waals surface area contributed by atoms with Crippen molar-refractivity contribution in [1.82, 2.24) is 15.2 Å². The van der Waals surface area contributed by atoms with Crippen molar-refractivity contribution in [3.8, 4) is 0 Å². The summed E-state index contributed by atoms with van der Waals surface area (Å²) in [5.74, 6) is 0.930. The minimum atomic E-state index is 0.784. The molecule has 16 heavy (non-hydrogen) atoms. The summed E-state index contributed by atoms with van der Waals surface area (Å²) in [6, 6.07) is 7.73. The molecule has 5 heteroatoms. The number of nitrogen functional groups attached to an aromatic ring is 1. The van der Waals surface area contributed by atoms with Crippen LogP contribution in [0.5, 0.6) is 0 Å². The molecular formula is C11H15N5. The molecular weight excluding hydrogens is 202 g/mol. The van der Waals surface area contributed by atoms with E-state index in [2.05, 4.69) is 20.5 Å². The second kappa shape index (κ2) is 5.16. The monoisotopic (exact) mass is 217 g/mol. The van der Waals surface area contributed by atoms with Crippen molar-refractivity contribution >= 4 is 11.4 Å². The molecule has 0 amide bonds. The Bertz CT molecular complexity index is 406. The maximum atomic E-state index is 5.60. The van der Waals surface area contributed by atoms with Crippen molar-refractivity contribution in [2.75, 3.05) is 17.6 Å². The first-order chi connectivity index (χ1) is 7.84. The Hall–Kier alpha value is -2.04. The number of hydrogen-bond acceptors (Lipinski definition) is 4. The third-order valence-electron chi connectivity index (χ3n) is 2.30. The van der Waals surface area contributed by atoms with Gasteiger partial charge in [0, 0.05) is 24.3 Å². The number of aryl methyl sites for hydroxylation is 1. The molecule has 2 aromatic rings. The smallest absolute Gasteiger partial charge is 0.137 e. The highest BCUT2D eigenvalue weighted by atomic mass is 15.2. The molecule has 84 valence electrons. The van der Waals surface area contributed by atoms with E-state index in [1.54, 1.807) is 0 Å². The van der Waals surface area contributed by atoms with Crippen LogP contribution in [0, 0.1) is 0 Å². The molecule has 0 saturated carbocycles. The number of nitrogens with one attached hydrogen (secondary N) is 2. The van der Waals surface area contributed by atoms with E-state index in [9.17, 15) is 0 Å². The molecule has 0 atom stereocenters. The van der Waals surface area contributed by atoms with E-state index in [-0.39, 0.29) is 0 Å². The van der Waals surface area contributed by atoms with Crippen LogP contribution in [0.4, 0.5) is 11.4 Å². The Balaban J connectivity index is 1.70. The summed E-state index contributed by atoms with van der Waals surface area (Å²) in [7, 11) is 0. The number of nitrogens with zero attached hydrogens (tertiary/aromatic N) is 2. The van der Waals surface area contributed by atoms with Crippen LogP contribution in [0.2, 0.25) is 0 Å². The van der Waals surface area contributed by atoms with E-state index >= 15 is 0 Å². The van der Waals surface area contributed by atoms with Crippen LogP contribution in [0.15, 0.2) is 30.6 Å². The third-order valence-corrected chi connectivity index (χ3v) is 2.30. The highest BCUT2D eigenvalue weighted by molar-refractivity contribution is 5.51. The average molecular weight is 217 g/mol. The van der Waals surface area contributed by atoms with Crippen molar-refractivity contribution < 1.29 is 0 Å². The fourth-order valence-corrected chi connectivity index (χ4v) is 1.44. The maximum absolute atomic E-state index is 5.60. The fourth-order valence-electron chi connectivity index (χ4n) is 1.44. The topological polar surface area (TPSA) is 79.6 Å². The quantitative estimate of drug-likeness (QED) is 0.523. The van der Waals surface area contributed by atoms with E-state index < -0.39 is 0 Å². The van der Waals surface area contributed by atoms with E-state index in [0.717, 1.165) is 36.6 Å². The summed E-state index contributed by atoms with van der Waals surface area (Å²) in [5.41, 5.74) is 7.47. The van der Waals surface area contributed by atoms with Gasteiger partial charge in [0.15, 0.2) is 0 Å². The lowest BCUT2D eigenvalue weighted by molar-refractivity contribution is 0.806. The predicted octanol–water partition coefficient (Wildman–Crippen LogP) is 1.43. The molecule has 0 radical (unpaired) electrons. The van der Waals surface area contributed by atoms with Gasteiger partial charge in [-0.25, -0.2) is 4.98 Å². The minimum Gasteiger partial charge on any atom is -0.399 e. The van der Waals surface area contributed by atoms with Gasteiger partial charge in [-0.3, -0.25) is 5.10 Å². The molecule has 1 aromatic carbocycles. The van der Waals surface area contributed by atoms with E-state index in [1.807, 2.05) is 24.3 Å². The lowest BCUT2D eigenvalue weighted by atomic mass is 10.2. The van der Waals surface area contributed by atoms with Crippen molar-refractivity contribution in [2.45, 2.75) is 12.8 Å². The fraction of sp³-hybridized carbons (Fsp3) is 0.273. The van der Waals surface area contributed by atoms with Gasteiger partial charge in [0.2, 0.25) is 0 Å². The zero-order valence-corrected chi connectivity index (χ0v) is 8.98. The van der Waals surface area contributed by atoms with Crippen LogP contribution >= 0.6 is 0 Å². The van der Waals surface area contributed by atoms with Gasteiger partial charge in [0.05, 0.1) is 0 Å². The van der Waals surface area contributed by atoms with Gasteiger partial charge in [-0.15, -0.1) is 0 Å². The van der Waals surface area contributed by atoms with Crippen LogP contribution in [-0.2, 0) is 6.42 Å². The van der Waals surface area contributed by atoms with Gasteiger partial charge in [0.25, 0.3) is 0 Å². The summed E-state index contributed by atoms with van der Waals surface area (Å²) < 4.78 is 0. The Morgan fingerprint density at radius 2 is 2.06 bits per heavy atom. The molecule has 0 unspecified atom stereocenters. The van der Waals surface area contributed by atoms with Crippen LogP contribution in [0.25, 0.3) is 0 Å². The van der Waals surface area contributed by atoms with E-state index in [0.29, 0.717) is 0 Å². The number of benzene rings is 1. The lowest BCUT2D eigenvalue weighted by Crippen LogP contribution is -2.03. The van der Waals surface area contributed by atoms with Crippen molar-refractivity contribution in [2.24, 2.45) is 0 Å². The largest absolute Gasteiger partial charge is 0.399 e. The van der Waals surface area contributed by atoms with Gasteiger partial charge in [0.1, 0.15) is 12.2 Å². The van der Waals surface area contributed by atoms with Crippen LogP contribution in [0.1, 0.15) is 12.2 Å². The molecule has 1 aromatic heterocycles. The number of H-pyrrole nitrogens is 1. The standard InChI is InChI=1S/C11H15N5/c12-9-3-5-10(6-4-9)13-7-1-2-11-14-8-15-16-11/h3-6,8,13H,1-2,7,12H2,(H,14,15,16). The summed E-state index contributed by atoms with van der Waals surface area (Å²) in [5, 5.41) is 9.95. The van der Waals surface area contributed by atoms with Gasteiger partial charge in [-0.2, -0.15) is 5.10 Å². The maximum Gasteiger partial charge on any atom is 0.137 e. The van der Waals surface area contributed by atoms with Crippen LogP contribution < -0.4 is 11.1 Å². The van der Waals surface area contributed by atoms with Gasteiger partial charge >= 0.3 is 0 Å². The lowest BCUT2D eigenvalue weighted by Gasteiger charge is -2.05. The Labute approximate surface area is 94.1 Å². The number of rotatable bonds is 5. The number of anilines is 2. The summed E-state index contributed by atoms with van der Waals surface area (Å²) in [6.45, 7) is 0.907. The molecule has 0 fully saturated rings. The molecule has 4 N–H and O–H groups in total. The zero-order valence-electron chi connectivity index (χ0n) is 8.98. The Morgan fingerprint density at radius 1 is 1.25 bits per heavy atom. The first-order valence-corrected chi connectivity index (χ1v) is 5.28. The van der Waals surface area contributed by atoms with Crippen molar-refractivity contribution in [1.29, 1.82) is 0 Å². The van der Waals surface area contributed by atoms with Gasteiger partial charge in [-0.05, 0) is 30.7 Å². The molecule has 5 nitrogen and oxygen atoms in total. The molecule has 0 aliphatic carbocycles. The number of nitrogens with two attached hydrogens (primary N) is 1. The summed E-state index contributed by atoms with van der Waals surface area (Å²) in [4.78, 5) is 4.06. The Kier molecular flexibility index (Phi) is 3.38. The van der Waals surface area contributed by atoms with E-state index in [4.69, 9.17) is 5.73 Å². The number of aromatic nitrogens is 3. The highest BCUT2D eigenvalue weighted by Crippen LogP contribution is 2.10. The molecule has 0 bridgehead atoms.